The first-order valence-corrected chi connectivity index (χ1v) is 6.99. The highest BCUT2D eigenvalue weighted by Crippen LogP contribution is 2.10. The van der Waals surface area contributed by atoms with Crippen molar-refractivity contribution in [3.05, 3.63) is 0 Å². The Morgan fingerprint density at radius 2 is 1.39 bits per heavy atom. The summed E-state index contributed by atoms with van der Waals surface area (Å²) in [5.74, 6) is 0. The third-order valence-electron chi connectivity index (χ3n) is 3.14. The van der Waals surface area contributed by atoms with Crippen molar-refractivity contribution in [2.75, 3.05) is 39.6 Å². The lowest BCUT2D eigenvalue weighted by molar-refractivity contribution is 0.107. The van der Waals surface area contributed by atoms with E-state index in [4.69, 9.17) is 24.7 Å². The zero-order chi connectivity index (χ0) is 12.6. The van der Waals surface area contributed by atoms with E-state index in [1.54, 1.807) is 0 Å². The summed E-state index contributed by atoms with van der Waals surface area (Å²) in [5.41, 5.74) is 6.02. The first kappa shape index (κ1) is 14.2. The average molecular weight is 259 g/mol. The summed E-state index contributed by atoms with van der Waals surface area (Å²) in [4.78, 5) is 0. The molecule has 0 aromatic heterocycles. The molecule has 0 amide bonds. The topological polar surface area (TPSA) is 69.5 Å². The van der Waals surface area contributed by atoms with E-state index >= 15 is 0 Å². The number of hydrogen-bond donors (Lipinski definition) is 1. The van der Waals surface area contributed by atoms with Crippen molar-refractivity contribution < 1.29 is 18.9 Å². The van der Waals surface area contributed by atoms with Crippen LogP contribution in [-0.2, 0) is 18.9 Å². The molecule has 0 bridgehead atoms. The van der Waals surface area contributed by atoms with Crippen molar-refractivity contribution in [3.63, 3.8) is 0 Å². The van der Waals surface area contributed by atoms with Crippen molar-refractivity contribution in [1.29, 1.82) is 0 Å². The zero-order valence-corrected chi connectivity index (χ0v) is 11.0. The number of hydrogen-bond acceptors (Lipinski definition) is 5. The minimum absolute atomic E-state index is 0.270. The molecule has 2 fully saturated rings. The van der Waals surface area contributed by atoms with E-state index in [1.807, 2.05) is 0 Å². The van der Waals surface area contributed by atoms with Crippen molar-refractivity contribution >= 4 is 0 Å². The standard InChI is InChI=1S/C13H25NO4/c14-11(3-1-5-15-7-12-9-17-12)4-2-6-16-8-13-10-18-13/h11-13H,1-10,14H2. The van der Waals surface area contributed by atoms with E-state index in [1.165, 1.54) is 0 Å². The molecule has 18 heavy (non-hydrogen) atoms. The maximum absolute atomic E-state index is 6.02. The zero-order valence-electron chi connectivity index (χ0n) is 11.0. The molecular weight excluding hydrogens is 234 g/mol. The molecule has 2 unspecified atom stereocenters. The lowest BCUT2D eigenvalue weighted by Gasteiger charge is -2.11. The van der Waals surface area contributed by atoms with E-state index in [0.29, 0.717) is 12.2 Å². The van der Waals surface area contributed by atoms with Gasteiger partial charge in [-0.05, 0) is 25.7 Å². The number of epoxide rings is 2. The number of ether oxygens (including phenoxy) is 4. The molecule has 2 aliphatic heterocycles. The van der Waals surface area contributed by atoms with Gasteiger partial charge in [-0.1, -0.05) is 0 Å². The van der Waals surface area contributed by atoms with Gasteiger partial charge in [0.25, 0.3) is 0 Å². The molecule has 2 N–H and O–H groups in total. The second kappa shape index (κ2) is 8.07. The minimum Gasteiger partial charge on any atom is -0.379 e. The Balaban J connectivity index is 1.29. The molecule has 2 saturated heterocycles. The van der Waals surface area contributed by atoms with Crippen LogP contribution in [0.4, 0.5) is 0 Å². The van der Waals surface area contributed by atoms with Crippen LogP contribution < -0.4 is 5.73 Å². The Morgan fingerprint density at radius 3 is 1.78 bits per heavy atom. The van der Waals surface area contributed by atoms with Crippen LogP contribution >= 0.6 is 0 Å². The van der Waals surface area contributed by atoms with E-state index in [2.05, 4.69) is 0 Å². The van der Waals surface area contributed by atoms with Crippen LogP contribution in [0.3, 0.4) is 0 Å². The fourth-order valence-electron chi connectivity index (χ4n) is 1.80. The predicted octanol–water partition coefficient (Wildman–Crippen LogP) is 0.705. The van der Waals surface area contributed by atoms with Gasteiger partial charge in [0, 0.05) is 19.3 Å². The third-order valence-corrected chi connectivity index (χ3v) is 3.14. The van der Waals surface area contributed by atoms with Gasteiger partial charge in [0.05, 0.1) is 26.4 Å². The molecule has 0 aliphatic carbocycles. The van der Waals surface area contributed by atoms with Gasteiger partial charge in [-0.3, -0.25) is 0 Å². The summed E-state index contributed by atoms with van der Waals surface area (Å²) in [7, 11) is 0. The summed E-state index contributed by atoms with van der Waals surface area (Å²) in [6.07, 6.45) is 4.85. The summed E-state index contributed by atoms with van der Waals surface area (Å²) in [5, 5.41) is 0. The molecule has 0 aromatic rings. The van der Waals surface area contributed by atoms with Crippen LogP contribution in [0, 0.1) is 0 Å². The van der Waals surface area contributed by atoms with Gasteiger partial charge in [0.1, 0.15) is 12.2 Å². The molecule has 0 aromatic carbocycles. The molecule has 5 nitrogen and oxygen atoms in total. The highest BCUT2D eigenvalue weighted by Gasteiger charge is 2.22. The quantitative estimate of drug-likeness (QED) is 0.413. The van der Waals surface area contributed by atoms with Crippen LogP contribution in [0.15, 0.2) is 0 Å². The Kier molecular flexibility index (Phi) is 6.37. The van der Waals surface area contributed by atoms with Gasteiger partial charge >= 0.3 is 0 Å². The molecule has 0 spiro atoms. The Bertz CT molecular complexity index is 197. The highest BCUT2D eigenvalue weighted by atomic mass is 16.6. The SMILES string of the molecule is NC(CCCOCC1CO1)CCCOCC1CO1. The fourth-order valence-corrected chi connectivity index (χ4v) is 1.80. The molecule has 2 aliphatic rings. The Hall–Kier alpha value is -0.200. The molecule has 5 heteroatoms. The van der Waals surface area contributed by atoms with E-state index < -0.39 is 0 Å². The second-order valence-corrected chi connectivity index (χ2v) is 5.11. The molecule has 106 valence electrons. The van der Waals surface area contributed by atoms with Gasteiger partial charge in [-0.15, -0.1) is 0 Å². The van der Waals surface area contributed by atoms with Crippen LogP contribution in [0.1, 0.15) is 25.7 Å². The predicted molar refractivity (Wildman–Crippen MR) is 67.6 cm³/mol. The number of nitrogens with two attached hydrogens (primary N) is 1. The summed E-state index contributed by atoms with van der Waals surface area (Å²) < 4.78 is 21.1. The molecular formula is C13H25NO4. The van der Waals surface area contributed by atoms with Gasteiger partial charge in [-0.2, -0.15) is 0 Å². The largest absolute Gasteiger partial charge is 0.379 e. The lowest BCUT2D eigenvalue weighted by atomic mass is 10.1. The molecule has 2 atom stereocenters. The Morgan fingerprint density at radius 1 is 0.944 bits per heavy atom. The normalized spacial score (nSPS) is 27.2. The maximum atomic E-state index is 6.02. The van der Waals surface area contributed by atoms with Crippen molar-refractivity contribution in [3.8, 4) is 0 Å². The van der Waals surface area contributed by atoms with Gasteiger partial charge in [-0.25, -0.2) is 0 Å². The lowest BCUT2D eigenvalue weighted by Crippen LogP contribution is -2.21. The van der Waals surface area contributed by atoms with E-state index in [9.17, 15) is 0 Å². The highest BCUT2D eigenvalue weighted by molar-refractivity contribution is 4.68. The summed E-state index contributed by atoms with van der Waals surface area (Å²) in [6.45, 7) is 4.81. The molecule has 0 radical (unpaired) electrons. The first-order chi connectivity index (χ1) is 8.84. The van der Waals surface area contributed by atoms with Gasteiger partial charge in [0.2, 0.25) is 0 Å². The average Bonchev–Trinajstić information content (AvgIpc) is 3.23. The third kappa shape index (κ3) is 7.28. The fraction of sp³-hybridized carbons (Fsp3) is 1.00. The number of rotatable bonds is 12. The summed E-state index contributed by atoms with van der Waals surface area (Å²) >= 11 is 0. The van der Waals surface area contributed by atoms with Gasteiger partial charge < -0.3 is 24.7 Å². The smallest absolute Gasteiger partial charge is 0.104 e. The van der Waals surface area contributed by atoms with E-state index in [0.717, 1.165) is 65.3 Å². The van der Waals surface area contributed by atoms with Crippen LogP contribution in [-0.4, -0.2) is 57.9 Å². The van der Waals surface area contributed by atoms with Crippen LogP contribution in [0.5, 0.6) is 0 Å². The minimum atomic E-state index is 0.270. The van der Waals surface area contributed by atoms with Crippen LogP contribution in [0.2, 0.25) is 0 Å². The first-order valence-electron chi connectivity index (χ1n) is 6.99. The van der Waals surface area contributed by atoms with Crippen LogP contribution in [0.25, 0.3) is 0 Å². The second-order valence-electron chi connectivity index (χ2n) is 5.11. The molecule has 2 heterocycles. The van der Waals surface area contributed by atoms with E-state index in [-0.39, 0.29) is 6.04 Å². The van der Waals surface area contributed by atoms with Crippen molar-refractivity contribution in [2.24, 2.45) is 5.73 Å². The molecule has 0 saturated carbocycles. The van der Waals surface area contributed by atoms with Crippen molar-refractivity contribution in [2.45, 2.75) is 43.9 Å². The van der Waals surface area contributed by atoms with Gasteiger partial charge in [0.15, 0.2) is 0 Å². The van der Waals surface area contributed by atoms with Crippen molar-refractivity contribution in [1.82, 2.24) is 0 Å². The monoisotopic (exact) mass is 259 g/mol. The molecule has 2 rings (SSSR count). The maximum Gasteiger partial charge on any atom is 0.104 e. The Labute approximate surface area is 109 Å². The summed E-state index contributed by atoms with van der Waals surface area (Å²) in [6, 6.07) is 0.270.